The summed E-state index contributed by atoms with van der Waals surface area (Å²) in [6, 6.07) is 3.63. The van der Waals surface area contributed by atoms with E-state index in [-0.39, 0.29) is 6.61 Å². The summed E-state index contributed by atoms with van der Waals surface area (Å²) < 4.78 is 9.39. The monoisotopic (exact) mass is 250 g/mol. The lowest BCUT2D eigenvalue weighted by atomic mass is 9.80. The first-order valence-corrected chi connectivity index (χ1v) is 5.61. The molecule has 18 heavy (non-hydrogen) atoms. The van der Waals surface area contributed by atoms with E-state index < -0.39 is 29.2 Å². The van der Waals surface area contributed by atoms with Gasteiger partial charge in [0, 0.05) is 0 Å². The van der Waals surface area contributed by atoms with Gasteiger partial charge in [-0.25, -0.2) is 0 Å². The van der Waals surface area contributed by atoms with Crippen molar-refractivity contribution in [2.45, 2.75) is 19.8 Å². The predicted molar refractivity (Wildman–Crippen MR) is 58.5 cm³/mol. The number of carbonyl (C=O) groups excluding carboxylic acids is 2. The summed E-state index contributed by atoms with van der Waals surface area (Å²) in [7, 11) is 1.14. The molecule has 0 bridgehead atoms. The predicted octanol–water partition coefficient (Wildman–Crippen LogP) is 0.782. The Labute approximate surface area is 105 Å². The number of esters is 2. The second kappa shape index (κ2) is 5.50. The first-order chi connectivity index (χ1) is 8.57. The molecular weight excluding hydrogens is 236 g/mol. The second-order valence-electron chi connectivity index (χ2n) is 4.11. The van der Waals surface area contributed by atoms with Crippen molar-refractivity contribution >= 4 is 11.9 Å². The number of hydrogen-bond acceptors (Lipinski definition) is 6. The molecule has 0 aromatic carbocycles. The lowest BCUT2D eigenvalue weighted by Gasteiger charge is -2.21. The zero-order chi connectivity index (χ0) is 13.8. The molecule has 2 atom stereocenters. The van der Waals surface area contributed by atoms with Gasteiger partial charge in [0.15, 0.2) is 5.92 Å². The summed E-state index contributed by atoms with van der Waals surface area (Å²) in [5.74, 6) is -3.58. The standard InChI is InChI=1S/C12H14N2O4/c1-3-18-11(16)12(4-5-12)9(7-14)8(6-13)10(15)17-2/h8-9H,3-5H2,1-2H3. The third-order valence-corrected chi connectivity index (χ3v) is 3.13. The molecule has 0 aliphatic heterocycles. The maximum atomic E-state index is 11.8. The van der Waals surface area contributed by atoms with Crippen molar-refractivity contribution in [3.8, 4) is 12.1 Å². The van der Waals surface area contributed by atoms with Crippen LogP contribution in [0.3, 0.4) is 0 Å². The van der Waals surface area contributed by atoms with Crippen LogP contribution in [0.4, 0.5) is 0 Å². The van der Waals surface area contributed by atoms with Gasteiger partial charge in [0.05, 0.1) is 37.2 Å². The van der Waals surface area contributed by atoms with E-state index in [1.807, 2.05) is 6.07 Å². The SMILES string of the molecule is CCOC(=O)C1(C(C#N)C(C#N)C(=O)OC)CC1. The van der Waals surface area contributed by atoms with E-state index in [0.29, 0.717) is 12.8 Å². The highest BCUT2D eigenvalue weighted by Gasteiger charge is 2.61. The van der Waals surface area contributed by atoms with Crippen molar-refractivity contribution in [2.75, 3.05) is 13.7 Å². The summed E-state index contributed by atoms with van der Waals surface area (Å²) in [4.78, 5) is 23.3. The fourth-order valence-electron chi connectivity index (χ4n) is 1.96. The van der Waals surface area contributed by atoms with Crippen molar-refractivity contribution in [3.05, 3.63) is 0 Å². The van der Waals surface area contributed by atoms with Crippen LogP contribution >= 0.6 is 0 Å². The Morgan fingerprint density at radius 2 is 1.94 bits per heavy atom. The zero-order valence-corrected chi connectivity index (χ0v) is 10.3. The Morgan fingerprint density at radius 1 is 1.33 bits per heavy atom. The third-order valence-electron chi connectivity index (χ3n) is 3.13. The molecule has 1 aliphatic carbocycles. The highest BCUT2D eigenvalue weighted by atomic mass is 16.5. The maximum Gasteiger partial charge on any atom is 0.324 e. The lowest BCUT2D eigenvalue weighted by Crippen LogP contribution is -2.35. The summed E-state index contributed by atoms with van der Waals surface area (Å²) in [5, 5.41) is 18.1. The van der Waals surface area contributed by atoms with Crippen LogP contribution in [0.5, 0.6) is 0 Å². The third kappa shape index (κ3) is 2.28. The quantitative estimate of drug-likeness (QED) is 0.668. The van der Waals surface area contributed by atoms with Gasteiger partial charge >= 0.3 is 11.9 Å². The number of methoxy groups -OCH3 is 1. The Balaban J connectivity index is 2.97. The number of ether oxygens (including phenoxy) is 2. The van der Waals surface area contributed by atoms with Crippen LogP contribution in [-0.2, 0) is 19.1 Å². The van der Waals surface area contributed by atoms with Gasteiger partial charge in [0.2, 0.25) is 0 Å². The second-order valence-corrected chi connectivity index (χ2v) is 4.11. The van der Waals surface area contributed by atoms with Gasteiger partial charge < -0.3 is 9.47 Å². The molecule has 1 fully saturated rings. The topological polar surface area (TPSA) is 100 Å². The number of nitrogens with zero attached hydrogens (tertiary/aromatic N) is 2. The smallest absolute Gasteiger partial charge is 0.324 e. The highest BCUT2D eigenvalue weighted by Crippen LogP contribution is 2.55. The van der Waals surface area contributed by atoms with Crippen molar-refractivity contribution in [1.29, 1.82) is 10.5 Å². The van der Waals surface area contributed by atoms with E-state index >= 15 is 0 Å². The van der Waals surface area contributed by atoms with Gasteiger partial charge in [-0.1, -0.05) is 0 Å². The molecule has 6 nitrogen and oxygen atoms in total. The van der Waals surface area contributed by atoms with Crippen molar-refractivity contribution < 1.29 is 19.1 Å². The molecule has 0 spiro atoms. The average Bonchev–Trinajstić information content (AvgIpc) is 3.16. The van der Waals surface area contributed by atoms with E-state index in [4.69, 9.17) is 15.3 Å². The van der Waals surface area contributed by atoms with Gasteiger partial charge in [0.1, 0.15) is 0 Å². The number of nitriles is 2. The van der Waals surface area contributed by atoms with Crippen molar-refractivity contribution in [1.82, 2.24) is 0 Å². The van der Waals surface area contributed by atoms with Crippen LogP contribution in [0.1, 0.15) is 19.8 Å². The molecule has 1 aliphatic rings. The van der Waals surface area contributed by atoms with Gasteiger partial charge in [-0.3, -0.25) is 9.59 Å². The van der Waals surface area contributed by atoms with Crippen LogP contribution in [0.15, 0.2) is 0 Å². The zero-order valence-electron chi connectivity index (χ0n) is 10.3. The highest BCUT2D eigenvalue weighted by molar-refractivity contribution is 5.84. The molecule has 1 saturated carbocycles. The lowest BCUT2D eigenvalue weighted by molar-refractivity contribution is -0.154. The molecule has 0 radical (unpaired) electrons. The van der Waals surface area contributed by atoms with Gasteiger partial charge in [0.25, 0.3) is 0 Å². The molecule has 96 valence electrons. The Morgan fingerprint density at radius 3 is 2.28 bits per heavy atom. The van der Waals surface area contributed by atoms with Crippen molar-refractivity contribution in [3.63, 3.8) is 0 Å². The van der Waals surface area contributed by atoms with E-state index in [9.17, 15) is 9.59 Å². The minimum Gasteiger partial charge on any atom is -0.468 e. The minimum absolute atomic E-state index is 0.203. The van der Waals surface area contributed by atoms with E-state index in [0.717, 1.165) is 7.11 Å². The largest absolute Gasteiger partial charge is 0.468 e. The van der Waals surface area contributed by atoms with Crippen LogP contribution in [0.2, 0.25) is 0 Å². The molecule has 6 heteroatoms. The fourth-order valence-corrected chi connectivity index (χ4v) is 1.96. The van der Waals surface area contributed by atoms with E-state index in [1.165, 1.54) is 0 Å². The first-order valence-electron chi connectivity index (χ1n) is 5.61. The molecular formula is C12H14N2O4. The molecule has 2 unspecified atom stereocenters. The molecule has 0 saturated heterocycles. The van der Waals surface area contributed by atoms with E-state index in [2.05, 4.69) is 4.74 Å². The normalized spacial score (nSPS) is 18.7. The first kappa shape index (κ1) is 14.0. The summed E-state index contributed by atoms with van der Waals surface area (Å²) in [6.07, 6.45) is 0.915. The minimum atomic E-state index is -1.26. The van der Waals surface area contributed by atoms with Crippen LogP contribution in [0.25, 0.3) is 0 Å². The van der Waals surface area contributed by atoms with Gasteiger partial charge in [-0.15, -0.1) is 0 Å². The van der Waals surface area contributed by atoms with Gasteiger partial charge in [-0.2, -0.15) is 10.5 Å². The molecule has 0 heterocycles. The molecule has 1 rings (SSSR count). The van der Waals surface area contributed by atoms with Crippen molar-refractivity contribution in [2.24, 2.45) is 17.3 Å². The number of carbonyl (C=O) groups is 2. The molecule has 0 amide bonds. The molecule has 0 N–H and O–H groups in total. The summed E-state index contributed by atoms with van der Waals surface area (Å²) in [6.45, 7) is 1.87. The van der Waals surface area contributed by atoms with Crippen LogP contribution < -0.4 is 0 Å². The average molecular weight is 250 g/mol. The van der Waals surface area contributed by atoms with E-state index in [1.54, 1.807) is 13.0 Å². The Bertz CT molecular complexity index is 428. The summed E-state index contributed by atoms with van der Waals surface area (Å²) in [5.41, 5.74) is -1.01. The molecule has 0 aromatic heterocycles. The van der Waals surface area contributed by atoms with Crippen LogP contribution in [0, 0.1) is 39.9 Å². The van der Waals surface area contributed by atoms with Crippen LogP contribution in [-0.4, -0.2) is 25.7 Å². The number of rotatable bonds is 5. The summed E-state index contributed by atoms with van der Waals surface area (Å²) >= 11 is 0. The number of hydrogen-bond donors (Lipinski definition) is 0. The Kier molecular flexibility index (Phi) is 4.28. The molecule has 0 aromatic rings. The maximum absolute atomic E-state index is 11.8. The van der Waals surface area contributed by atoms with Gasteiger partial charge in [-0.05, 0) is 19.8 Å². The Hall–Kier alpha value is -2.08. The fraction of sp³-hybridized carbons (Fsp3) is 0.667.